The zero-order valence-electron chi connectivity index (χ0n) is 12.0. The second-order valence-electron chi connectivity index (χ2n) is 5.05. The molecule has 0 N–H and O–H groups in total. The number of nitrogens with zero attached hydrogens (tertiary/aromatic N) is 4. The van der Waals surface area contributed by atoms with Gasteiger partial charge < -0.3 is 14.0 Å². The van der Waals surface area contributed by atoms with E-state index in [1.165, 1.54) is 0 Å². The number of rotatable bonds is 4. The van der Waals surface area contributed by atoms with Crippen LogP contribution in [0, 0.1) is 0 Å². The topological polar surface area (TPSA) is 72.2 Å². The summed E-state index contributed by atoms with van der Waals surface area (Å²) in [5, 5.41) is 3.74. The van der Waals surface area contributed by atoms with Crippen molar-refractivity contribution in [3.8, 4) is 22.8 Å². The van der Waals surface area contributed by atoms with Gasteiger partial charge in [-0.25, -0.2) is 0 Å². The van der Waals surface area contributed by atoms with Gasteiger partial charge in [-0.2, -0.15) is 0 Å². The van der Waals surface area contributed by atoms with Crippen LogP contribution in [0.5, 0.6) is 11.5 Å². The lowest BCUT2D eigenvalue weighted by Crippen LogP contribution is -2.13. The molecule has 0 bridgehead atoms. The molecule has 1 aliphatic heterocycles. The first-order valence-electron chi connectivity index (χ1n) is 6.76. The maximum Gasteiger partial charge on any atom is 0.129 e. The summed E-state index contributed by atoms with van der Waals surface area (Å²) in [6, 6.07) is 7.72. The lowest BCUT2D eigenvalue weighted by atomic mass is 10.0. The van der Waals surface area contributed by atoms with Crippen LogP contribution >= 0.6 is 0 Å². The lowest BCUT2D eigenvalue weighted by molar-refractivity contribution is 0.300. The van der Waals surface area contributed by atoms with Crippen molar-refractivity contribution in [1.29, 1.82) is 0 Å². The highest BCUT2D eigenvalue weighted by atomic mass is 16.5. The van der Waals surface area contributed by atoms with Crippen LogP contribution in [0.2, 0.25) is 0 Å². The molecule has 1 atom stereocenters. The maximum atomic E-state index is 8.54. The van der Waals surface area contributed by atoms with Gasteiger partial charge in [0.1, 0.15) is 18.1 Å². The van der Waals surface area contributed by atoms with E-state index in [9.17, 15) is 0 Å². The quantitative estimate of drug-likeness (QED) is 0.487. The Morgan fingerprint density at radius 1 is 1.48 bits per heavy atom. The molecular weight excluding hydrogens is 268 g/mol. The normalized spacial score (nSPS) is 13.4. The second-order valence-corrected chi connectivity index (χ2v) is 5.05. The van der Waals surface area contributed by atoms with Gasteiger partial charge in [-0.3, -0.25) is 0 Å². The summed E-state index contributed by atoms with van der Waals surface area (Å²) in [6.45, 7) is 3.09. The van der Waals surface area contributed by atoms with E-state index in [0.29, 0.717) is 13.2 Å². The van der Waals surface area contributed by atoms with Gasteiger partial charge in [0.25, 0.3) is 0 Å². The molecule has 1 unspecified atom stereocenters. The second kappa shape index (κ2) is 5.42. The molecule has 2 aromatic rings. The van der Waals surface area contributed by atoms with Crippen LogP contribution in [0.3, 0.4) is 0 Å². The third-order valence-electron chi connectivity index (χ3n) is 3.58. The fraction of sp³-hybridized carbons (Fsp3) is 0.333. The minimum absolute atomic E-state index is 0.108. The van der Waals surface area contributed by atoms with Crippen LogP contribution in [-0.4, -0.2) is 17.7 Å². The molecule has 0 amide bonds. The van der Waals surface area contributed by atoms with Crippen molar-refractivity contribution >= 4 is 0 Å². The van der Waals surface area contributed by atoms with Crippen LogP contribution in [0.15, 0.2) is 35.6 Å². The molecule has 1 aliphatic rings. The Morgan fingerprint density at radius 2 is 2.33 bits per heavy atom. The smallest absolute Gasteiger partial charge is 0.129 e. The summed E-state index contributed by atoms with van der Waals surface area (Å²) in [5.41, 5.74) is 11.8. The van der Waals surface area contributed by atoms with Crippen molar-refractivity contribution in [3.05, 3.63) is 46.5 Å². The van der Waals surface area contributed by atoms with E-state index >= 15 is 0 Å². The van der Waals surface area contributed by atoms with Crippen molar-refractivity contribution < 1.29 is 9.47 Å². The standard InChI is InChI=1S/C15H16N4O2/c1-10(17-18-16)8-19-6-5-11-9-21-14-4-3-12(20-2)7-13(14)15(11)19/h3-7,10H,8-9H2,1-2H3. The monoisotopic (exact) mass is 284 g/mol. The van der Waals surface area contributed by atoms with Gasteiger partial charge in [-0.05, 0) is 29.8 Å². The van der Waals surface area contributed by atoms with Gasteiger partial charge in [-0.1, -0.05) is 12.0 Å². The van der Waals surface area contributed by atoms with E-state index in [4.69, 9.17) is 15.0 Å². The van der Waals surface area contributed by atoms with Gasteiger partial charge >= 0.3 is 0 Å². The Labute approximate surface area is 122 Å². The van der Waals surface area contributed by atoms with Gasteiger partial charge in [-0.15, -0.1) is 0 Å². The molecule has 0 fully saturated rings. The zero-order chi connectivity index (χ0) is 14.8. The fourth-order valence-corrected chi connectivity index (χ4v) is 2.63. The Kier molecular flexibility index (Phi) is 3.46. The number of hydrogen-bond donors (Lipinski definition) is 0. The van der Waals surface area contributed by atoms with Crippen LogP contribution in [0.4, 0.5) is 0 Å². The molecule has 21 heavy (non-hydrogen) atoms. The number of methoxy groups -OCH3 is 1. The van der Waals surface area contributed by atoms with Gasteiger partial charge in [0.2, 0.25) is 0 Å². The van der Waals surface area contributed by atoms with Crippen molar-refractivity contribution in [2.24, 2.45) is 5.11 Å². The molecule has 1 aromatic heterocycles. The predicted octanol–water partition coefficient (Wildman–Crippen LogP) is 3.75. The van der Waals surface area contributed by atoms with Gasteiger partial charge in [0, 0.05) is 28.8 Å². The van der Waals surface area contributed by atoms with E-state index < -0.39 is 0 Å². The Hall–Kier alpha value is -2.59. The zero-order valence-corrected chi connectivity index (χ0v) is 12.0. The van der Waals surface area contributed by atoms with Gasteiger partial charge in [0.05, 0.1) is 18.8 Å². The molecule has 1 aromatic carbocycles. The van der Waals surface area contributed by atoms with E-state index in [1.54, 1.807) is 7.11 Å². The lowest BCUT2D eigenvalue weighted by Gasteiger charge is -2.21. The molecule has 2 heterocycles. The first kappa shape index (κ1) is 13.4. The number of azide groups is 1. The molecule has 0 saturated heterocycles. The highest BCUT2D eigenvalue weighted by Gasteiger charge is 2.22. The number of hydrogen-bond acceptors (Lipinski definition) is 3. The van der Waals surface area contributed by atoms with E-state index in [-0.39, 0.29) is 6.04 Å². The maximum absolute atomic E-state index is 8.54. The summed E-state index contributed by atoms with van der Waals surface area (Å²) >= 11 is 0. The first-order chi connectivity index (χ1) is 10.2. The molecule has 3 rings (SSSR count). The Bertz CT molecular complexity index is 716. The first-order valence-corrected chi connectivity index (χ1v) is 6.76. The summed E-state index contributed by atoms with van der Waals surface area (Å²) in [7, 11) is 1.65. The van der Waals surface area contributed by atoms with Crippen molar-refractivity contribution in [2.75, 3.05) is 7.11 Å². The highest BCUT2D eigenvalue weighted by molar-refractivity contribution is 5.74. The molecular formula is C15H16N4O2. The Morgan fingerprint density at radius 3 is 3.10 bits per heavy atom. The summed E-state index contributed by atoms with van der Waals surface area (Å²) in [5.74, 6) is 1.64. The van der Waals surface area contributed by atoms with Crippen molar-refractivity contribution in [1.82, 2.24) is 4.57 Å². The molecule has 6 heteroatoms. The van der Waals surface area contributed by atoms with E-state index in [0.717, 1.165) is 28.3 Å². The SMILES string of the molecule is COc1ccc2c(c1)-c1c(ccn1CC(C)N=[N+]=[N-])CO2. The molecule has 0 radical (unpaired) electrons. The minimum atomic E-state index is -0.108. The van der Waals surface area contributed by atoms with Gasteiger partial charge in [0.15, 0.2) is 0 Å². The summed E-state index contributed by atoms with van der Waals surface area (Å²) < 4.78 is 13.2. The van der Waals surface area contributed by atoms with E-state index in [2.05, 4.69) is 14.6 Å². The molecule has 108 valence electrons. The third-order valence-corrected chi connectivity index (χ3v) is 3.58. The number of ether oxygens (including phenoxy) is 2. The van der Waals surface area contributed by atoms with Crippen LogP contribution in [0.25, 0.3) is 21.7 Å². The fourth-order valence-electron chi connectivity index (χ4n) is 2.63. The Balaban J connectivity index is 2.05. The summed E-state index contributed by atoms with van der Waals surface area (Å²) in [4.78, 5) is 2.87. The molecule has 0 saturated carbocycles. The summed E-state index contributed by atoms with van der Waals surface area (Å²) in [6.07, 6.45) is 2.01. The predicted molar refractivity (Wildman–Crippen MR) is 79.4 cm³/mol. The number of aromatic nitrogens is 1. The largest absolute Gasteiger partial charge is 0.497 e. The van der Waals surface area contributed by atoms with Crippen LogP contribution in [0.1, 0.15) is 12.5 Å². The van der Waals surface area contributed by atoms with Crippen LogP contribution in [-0.2, 0) is 13.2 Å². The minimum Gasteiger partial charge on any atom is -0.497 e. The van der Waals surface area contributed by atoms with Crippen molar-refractivity contribution in [3.63, 3.8) is 0 Å². The molecule has 0 spiro atoms. The molecule has 0 aliphatic carbocycles. The average Bonchev–Trinajstić information content (AvgIpc) is 2.90. The van der Waals surface area contributed by atoms with Crippen molar-refractivity contribution in [2.45, 2.75) is 26.1 Å². The average molecular weight is 284 g/mol. The highest BCUT2D eigenvalue weighted by Crippen LogP contribution is 2.40. The number of benzene rings is 1. The van der Waals surface area contributed by atoms with E-state index in [1.807, 2.05) is 37.4 Å². The van der Waals surface area contributed by atoms with Crippen LogP contribution < -0.4 is 9.47 Å². The third kappa shape index (κ3) is 2.41. The number of fused-ring (bicyclic) bond motifs is 3. The molecule has 6 nitrogen and oxygen atoms in total.